The van der Waals surface area contributed by atoms with Crippen molar-refractivity contribution in [1.82, 2.24) is 20.1 Å². The number of carbonyl (C=O) groups excluding carboxylic acids is 1. The number of hydrogen-bond acceptors (Lipinski definition) is 5. The van der Waals surface area contributed by atoms with E-state index in [4.69, 9.17) is 0 Å². The molecule has 120 valence electrons. The van der Waals surface area contributed by atoms with Crippen molar-refractivity contribution in [2.45, 2.75) is 20.3 Å². The zero-order valence-electron chi connectivity index (χ0n) is 12.9. The highest BCUT2D eigenvalue weighted by molar-refractivity contribution is 7.14. The lowest BCUT2D eigenvalue weighted by atomic mass is 10.3. The summed E-state index contributed by atoms with van der Waals surface area (Å²) in [6.07, 6.45) is 0.688. The summed E-state index contributed by atoms with van der Waals surface area (Å²) in [7, 11) is 0. The van der Waals surface area contributed by atoms with Crippen molar-refractivity contribution in [2.24, 2.45) is 0 Å². The fraction of sp³-hybridized carbons (Fsp3) is 0.267. The smallest absolute Gasteiger partial charge is 0.319 e. The molecule has 0 bridgehead atoms. The predicted octanol–water partition coefficient (Wildman–Crippen LogP) is 3.37. The molecule has 0 aromatic carbocycles. The summed E-state index contributed by atoms with van der Waals surface area (Å²) in [5.74, 6) is 0. The molecule has 3 heterocycles. The molecule has 0 saturated heterocycles. The largest absolute Gasteiger partial charge is 0.337 e. The first-order valence-corrected chi connectivity index (χ1v) is 8.94. The molecule has 0 saturated carbocycles. The molecule has 0 radical (unpaired) electrons. The third-order valence-electron chi connectivity index (χ3n) is 3.16. The Kier molecular flexibility index (Phi) is 4.73. The number of carbonyl (C=O) groups is 1. The zero-order valence-corrected chi connectivity index (χ0v) is 14.5. The SMILES string of the molecule is Cc1cc(C)n(-c2nc(CCNC(=O)Nc3cccs3)cs2)n1. The molecular formula is C15H17N5OS2. The molecule has 0 aliphatic carbocycles. The number of nitrogens with one attached hydrogen (secondary N) is 2. The maximum Gasteiger partial charge on any atom is 0.319 e. The van der Waals surface area contributed by atoms with E-state index in [0.29, 0.717) is 13.0 Å². The van der Waals surface area contributed by atoms with Crippen LogP contribution >= 0.6 is 22.7 Å². The number of anilines is 1. The van der Waals surface area contributed by atoms with Crippen LogP contribution in [0.1, 0.15) is 17.1 Å². The second-order valence-corrected chi connectivity index (χ2v) is 6.85. The van der Waals surface area contributed by atoms with Crippen LogP contribution in [-0.2, 0) is 6.42 Å². The summed E-state index contributed by atoms with van der Waals surface area (Å²) in [6.45, 7) is 4.52. The molecule has 3 aromatic heterocycles. The van der Waals surface area contributed by atoms with Gasteiger partial charge in [-0.25, -0.2) is 14.5 Å². The summed E-state index contributed by atoms with van der Waals surface area (Å²) in [5, 5.41) is 15.7. The summed E-state index contributed by atoms with van der Waals surface area (Å²) in [5.41, 5.74) is 3.00. The Balaban J connectivity index is 1.51. The van der Waals surface area contributed by atoms with Crippen molar-refractivity contribution < 1.29 is 4.79 Å². The van der Waals surface area contributed by atoms with Crippen LogP contribution in [0.15, 0.2) is 29.0 Å². The lowest BCUT2D eigenvalue weighted by molar-refractivity contribution is 0.252. The van der Waals surface area contributed by atoms with Crippen LogP contribution in [0.3, 0.4) is 0 Å². The summed E-state index contributed by atoms with van der Waals surface area (Å²) >= 11 is 3.05. The van der Waals surface area contributed by atoms with Crippen LogP contribution in [0, 0.1) is 13.8 Å². The van der Waals surface area contributed by atoms with Crippen LogP contribution < -0.4 is 10.6 Å². The van der Waals surface area contributed by atoms with Crippen molar-refractivity contribution in [1.29, 1.82) is 0 Å². The molecule has 0 unspecified atom stereocenters. The van der Waals surface area contributed by atoms with Crippen LogP contribution in [0.2, 0.25) is 0 Å². The molecule has 0 aliphatic heterocycles. The van der Waals surface area contributed by atoms with Crippen molar-refractivity contribution in [3.05, 3.63) is 46.0 Å². The van der Waals surface area contributed by atoms with Gasteiger partial charge in [0.2, 0.25) is 5.13 Å². The van der Waals surface area contributed by atoms with Crippen molar-refractivity contribution in [2.75, 3.05) is 11.9 Å². The van der Waals surface area contributed by atoms with Gasteiger partial charge in [0.15, 0.2) is 0 Å². The number of aromatic nitrogens is 3. The van der Waals surface area contributed by atoms with Gasteiger partial charge in [-0.15, -0.1) is 22.7 Å². The lowest BCUT2D eigenvalue weighted by Gasteiger charge is -2.04. The van der Waals surface area contributed by atoms with Gasteiger partial charge in [0.1, 0.15) is 0 Å². The van der Waals surface area contributed by atoms with E-state index in [1.54, 1.807) is 11.3 Å². The van der Waals surface area contributed by atoms with E-state index in [-0.39, 0.29) is 6.03 Å². The van der Waals surface area contributed by atoms with Gasteiger partial charge in [-0.2, -0.15) is 5.10 Å². The van der Waals surface area contributed by atoms with Gasteiger partial charge < -0.3 is 5.32 Å². The molecule has 3 rings (SSSR count). The van der Waals surface area contributed by atoms with Gasteiger partial charge in [-0.1, -0.05) is 0 Å². The Morgan fingerprint density at radius 3 is 2.91 bits per heavy atom. The minimum atomic E-state index is -0.193. The molecule has 2 amide bonds. The first-order valence-electron chi connectivity index (χ1n) is 7.18. The zero-order chi connectivity index (χ0) is 16.2. The van der Waals surface area contributed by atoms with Gasteiger partial charge in [0.05, 0.1) is 16.4 Å². The standard InChI is InChI=1S/C15H17N5OS2/c1-10-8-11(2)20(19-10)15-17-12(9-23-15)5-6-16-14(21)18-13-4-3-7-22-13/h3-4,7-9H,5-6H2,1-2H3,(H2,16,18,21). The number of amides is 2. The number of aryl methyl sites for hydroxylation is 2. The average Bonchev–Trinajstić information content (AvgIpc) is 3.21. The Morgan fingerprint density at radius 2 is 2.22 bits per heavy atom. The third-order valence-corrected chi connectivity index (χ3v) is 4.81. The second-order valence-electron chi connectivity index (χ2n) is 5.07. The van der Waals surface area contributed by atoms with E-state index in [2.05, 4.69) is 20.7 Å². The Morgan fingerprint density at radius 1 is 1.35 bits per heavy atom. The monoisotopic (exact) mass is 347 g/mol. The van der Waals surface area contributed by atoms with E-state index in [9.17, 15) is 4.79 Å². The van der Waals surface area contributed by atoms with Crippen molar-refractivity contribution >= 4 is 33.7 Å². The molecule has 0 fully saturated rings. The summed E-state index contributed by atoms with van der Waals surface area (Å²) < 4.78 is 1.85. The van der Waals surface area contributed by atoms with Crippen LogP contribution in [-0.4, -0.2) is 27.3 Å². The van der Waals surface area contributed by atoms with E-state index >= 15 is 0 Å². The molecule has 2 N–H and O–H groups in total. The molecule has 0 atom stereocenters. The van der Waals surface area contributed by atoms with E-state index in [0.717, 1.165) is 27.2 Å². The van der Waals surface area contributed by atoms with Gasteiger partial charge in [0, 0.05) is 24.0 Å². The Hall–Kier alpha value is -2.19. The number of nitrogens with zero attached hydrogens (tertiary/aromatic N) is 3. The van der Waals surface area contributed by atoms with Gasteiger partial charge >= 0.3 is 6.03 Å². The fourth-order valence-corrected chi connectivity index (χ4v) is 3.62. The highest BCUT2D eigenvalue weighted by Gasteiger charge is 2.09. The molecule has 3 aromatic rings. The number of rotatable bonds is 5. The van der Waals surface area contributed by atoms with Crippen molar-refractivity contribution in [3.63, 3.8) is 0 Å². The van der Waals surface area contributed by atoms with Gasteiger partial charge in [0.25, 0.3) is 0 Å². The fourth-order valence-electron chi connectivity index (χ4n) is 2.14. The Labute approximate surface area is 142 Å². The number of thiazole rings is 1. The summed E-state index contributed by atoms with van der Waals surface area (Å²) in [4.78, 5) is 16.3. The lowest BCUT2D eigenvalue weighted by Crippen LogP contribution is -2.30. The van der Waals surface area contributed by atoms with E-state index in [1.165, 1.54) is 11.3 Å². The quantitative estimate of drug-likeness (QED) is 0.743. The Bertz CT molecular complexity index is 791. The molecule has 0 aliphatic rings. The maximum absolute atomic E-state index is 11.7. The number of thiophene rings is 1. The summed E-state index contributed by atoms with van der Waals surface area (Å²) in [6, 6.07) is 5.60. The molecular weight excluding hydrogens is 330 g/mol. The van der Waals surface area contributed by atoms with Crippen LogP contribution in [0.5, 0.6) is 0 Å². The second kappa shape index (κ2) is 6.93. The molecule has 6 nitrogen and oxygen atoms in total. The minimum Gasteiger partial charge on any atom is -0.337 e. The maximum atomic E-state index is 11.7. The normalized spacial score (nSPS) is 10.7. The first kappa shape index (κ1) is 15.7. The molecule has 23 heavy (non-hydrogen) atoms. The minimum absolute atomic E-state index is 0.193. The van der Waals surface area contributed by atoms with E-state index < -0.39 is 0 Å². The first-order chi connectivity index (χ1) is 11.1. The number of urea groups is 1. The van der Waals surface area contributed by atoms with Crippen molar-refractivity contribution in [3.8, 4) is 5.13 Å². The highest BCUT2D eigenvalue weighted by atomic mass is 32.1. The van der Waals surface area contributed by atoms with Gasteiger partial charge in [-0.3, -0.25) is 5.32 Å². The number of hydrogen-bond donors (Lipinski definition) is 2. The van der Waals surface area contributed by atoms with Crippen LogP contribution in [0.4, 0.5) is 9.80 Å². The molecule has 8 heteroatoms. The third kappa shape index (κ3) is 3.96. The highest BCUT2D eigenvalue weighted by Crippen LogP contribution is 2.17. The molecule has 0 spiro atoms. The van der Waals surface area contributed by atoms with Crippen LogP contribution in [0.25, 0.3) is 5.13 Å². The predicted molar refractivity (Wildman–Crippen MR) is 93.8 cm³/mol. The van der Waals surface area contributed by atoms with E-state index in [1.807, 2.05) is 47.5 Å². The average molecular weight is 347 g/mol. The topological polar surface area (TPSA) is 71.8 Å². The van der Waals surface area contributed by atoms with Gasteiger partial charge in [-0.05, 0) is 37.4 Å².